The molecule has 3 heterocycles. The van der Waals surface area contributed by atoms with Gasteiger partial charge < -0.3 is 19.5 Å². The van der Waals surface area contributed by atoms with E-state index in [1.165, 1.54) is 28.3 Å². The van der Waals surface area contributed by atoms with Gasteiger partial charge in [0.25, 0.3) is 5.91 Å². The highest BCUT2D eigenvalue weighted by molar-refractivity contribution is 5.91. The number of ether oxygens (including phenoxy) is 1. The first-order chi connectivity index (χ1) is 17.1. The average molecular weight is 473 g/mol. The molecule has 1 fully saturated rings. The van der Waals surface area contributed by atoms with E-state index < -0.39 is 0 Å². The van der Waals surface area contributed by atoms with Crippen LogP contribution in [-0.4, -0.2) is 46.6 Å². The number of carbonyl (C=O) groups is 1. The molecule has 7 heteroatoms. The number of nitrogens with one attached hydrogen (secondary N) is 2. The van der Waals surface area contributed by atoms with E-state index in [1.807, 2.05) is 6.07 Å². The minimum absolute atomic E-state index is 0.0971. The Morgan fingerprint density at radius 3 is 2.86 bits per heavy atom. The Hall–Kier alpha value is -3.42. The van der Waals surface area contributed by atoms with E-state index in [2.05, 4.69) is 75.8 Å². The maximum absolute atomic E-state index is 12.5. The van der Waals surface area contributed by atoms with Gasteiger partial charge in [-0.25, -0.2) is 4.98 Å². The summed E-state index contributed by atoms with van der Waals surface area (Å²) in [6.45, 7) is 5.49. The Morgan fingerprint density at radius 1 is 1.17 bits per heavy atom. The summed E-state index contributed by atoms with van der Waals surface area (Å²) in [7, 11) is 0. The molecule has 2 N–H and O–H groups in total. The molecule has 1 unspecified atom stereocenters. The van der Waals surface area contributed by atoms with Crippen LogP contribution < -0.4 is 5.32 Å². The normalized spacial score (nSPS) is 15.8. The highest BCUT2D eigenvalue weighted by Gasteiger charge is 2.19. The van der Waals surface area contributed by atoms with Crippen LogP contribution in [0.5, 0.6) is 0 Å². The van der Waals surface area contributed by atoms with Gasteiger partial charge in [0.2, 0.25) is 5.89 Å². The first-order valence-corrected chi connectivity index (χ1v) is 12.3. The SMILES string of the molecule is Cc1ccc(CN(CCc2c[nH]c3ccccc23)Cc2nc(C(=O)NCC3CCCO3)co2)cc1. The zero-order valence-electron chi connectivity index (χ0n) is 20.1. The second-order valence-corrected chi connectivity index (χ2v) is 9.28. The van der Waals surface area contributed by atoms with Crippen LogP contribution in [0.3, 0.4) is 0 Å². The summed E-state index contributed by atoms with van der Waals surface area (Å²) >= 11 is 0. The van der Waals surface area contributed by atoms with Gasteiger partial charge in [0.15, 0.2) is 5.69 Å². The molecule has 1 aliphatic heterocycles. The minimum Gasteiger partial charge on any atom is -0.447 e. The van der Waals surface area contributed by atoms with Crippen molar-refractivity contribution < 1.29 is 13.9 Å². The number of para-hydroxylation sites is 1. The second kappa shape index (κ2) is 10.9. The summed E-state index contributed by atoms with van der Waals surface area (Å²) < 4.78 is 11.3. The lowest BCUT2D eigenvalue weighted by Crippen LogP contribution is -2.32. The standard InChI is InChI=1S/C28H32N4O3/c1-20-8-10-21(11-9-20)17-32(13-12-22-15-29-25-7-3-2-6-24(22)25)18-27-31-26(19-35-27)28(33)30-16-23-5-4-14-34-23/h2-3,6-11,15,19,23,29H,4-5,12-14,16-18H2,1H3,(H,30,33). The third kappa shape index (κ3) is 5.99. The number of aromatic nitrogens is 2. The Kier molecular flexibility index (Phi) is 7.25. The summed E-state index contributed by atoms with van der Waals surface area (Å²) in [4.78, 5) is 22.7. The van der Waals surface area contributed by atoms with Crippen molar-refractivity contribution in [3.8, 4) is 0 Å². The number of nitrogens with zero attached hydrogens (tertiary/aromatic N) is 2. The Labute approximate surface area is 205 Å². The predicted octanol–water partition coefficient (Wildman–Crippen LogP) is 4.62. The van der Waals surface area contributed by atoms with Crippen molar-refractivity contribution in [2.45, 2.75) is 45.4 Å². The monoisotopic (exact) mass is 472 g/mol. The van der Waals surface area contributed by atoms with Crippen LogP contribution in [0.25, 0.3) is 10.9 Å². The third-order valence-corrected chi connectivity index (χ3v) is 6.56. The Balaban J connectivity index is 1.25. The number of carbonyl (C=O) groups excluding carboxylic acids is 1. The lowest BCUT2D eigenvalue weighted by molar-refractivity contribution is 0.0853. The number of benzene rings is 2. The van der Waals surface area contributed by atoms with Crippen LogP contribution in [0.4, 0.5) is 0 Å². The Bertz CT molecular complexity index is 1250. The zero-order valence-corrected chi connectivity index (χ0v) is 20.1. The summed E-state index contributed by atoms with van der Waals surface area (Å²) in [6, 6.07) is 17.0. The molecule has 0 radical (unpaired) electrons. The molecule has 1 saturated heterocycles. The molecule has 0 spiro atoms. The van der Waals surface area contributed by atoms with Crippen molar-refractivity contribution in [2.24, 2.45) is 0 Å². The Morgan fingerprint density at radius 2 is 2.03 bits per heavy atom. The number of fused-ring (bicyclic) bond motifs is 1. The maximum Gasteiger partial charge on any atom is 0.273 e. The molecule has 182 valence electrons. The number of hydrogen-bond acceptors (Lipinski definition) is 5. The van der Waals surface area contributed by atoms with E-state index in [4.69, 9.17) is 9.15 Å². The molecule has 2 aromatic heterocycles. The summed E-state index contributed by atoms with van der Waals surface area (Å²) in [6.07, 6.45) is 6.56. The second-order valence-electron chi connectivity index (χ2n) is 9.28. The van der Waals surface area contributed by atoms with Crippen molar-refractivity contribution in [2.75, 3.05) is 19.7 Å². The number of oxazole rings is 1. The summed E-state index contributed by atoms with van der Waals surface area (Å²) in [5.74, 6) is 0.317. The van der Waals surface area contributed by atoms with E-state index in [0.29, 0.717) is 24.7 Å². The molecule has 1 amide bonds. The van der Waals surface area contributed by atoms with Gasteiger partial charge in [-0.05, 0) is 43.4 Å². The van der Waals surface area contributed by atoms with Crippen molar-refractivity contribution in [1.82, 2.24) is 20.2 Å². The van der Waals surface area contributed by atoms with Gasteiger partial charge >= 0.3 is 0 Å². The molecule has 4 aromatic rings. The van der Waals surface area contributed by atoms with E-state index >= 15 is 0 Å². The molecule has 1 atom stereocenters. The van der Waals surface area contributed by atoms with Gasteiger partial charge in [0.1, 0.15) is 6.26 Å². The molecule has 2 aromatic carbocycles. The maximum atomic E-state index is 12.5. The number of aromatic amines is 1. The first kappa shape index (κ1) is 23.3. The largest absolute Gasteiger partial charge is 0.447 e. The lowest BCUT2D eigenvalue weighted by atomic mass is 10.1. The molecule has 0 bridgehead atoms. The van der Waals surface area contributed by atoms with Gasteiger partial charge in [-0.1, -0.05) is 48.0 Å². The molecule has 7 nitrogen and oxygen atoms in total. The van der Waals surface area contributed by atoms with Gasteiger partial charge in [0, 0.05) is 43.3 Å². The van der Waals surface area contributed by atoms with Crippen molar-refractivity contribution in [3.63, 3.8) is 0 Å². The van der Waals surface area contributed by atoms with Crippen LogP contribution in [0.15, 0.2) is 65.4 Å². The van der Waals surface area contributed by atoms with Gasteiger partial charge in [-0.15, -0.1) is 0 Å². The highest BCUT2D eigenvalue weighted by Crippen LogP contribution is 2.20. The summed E-state index contributed by atoms with van der Waals surface area (Å²) in [5.41, 5.74) is 5.22. The van der Waals surface area contributed by atoms with Gasteiger partial charge in [-0.2, -0.15) is 0 Å². The van der Waals surface area contributed by atoms with E-state index in [0.717, 1.165) is 44.5 Å². The lowest BCUT2D eigenvalue weighted by Gasteiger charge is -2.21. The van der Waals surface area contributed by atoms with Crippen LogP contribution in [0.2, 0.25) is 0 Å². The number of hydrogen-bond donors (Lipinski definition) is 2. The van der Waals surface area contributed by atoms with Crippen LogP contribution in [0, 0.1) is 6.92 Å². The minimum atomic E-state index is -0.223. The molecule has 5 rings (SSSR count). The van der Waals surface area contributed by atoms with Crippen molar-refractivity contribution in [3.05, 3.63) is 89.3 Å². The molecule has 1 aliphatic rings. The highest BCUT2D eigenvalue weighted by atomic mass is 16.5. The molecule has 0 saturated carbocycles. The molecule has 35 heavy (non-hydrogen) atoms. The average Bonchev–Trinajstić information content (AvgIpc) is 3.64. The van der Waals surface area contributed by atoms with E-state index in [-0.39, 0.29) is 12.0 Å². The van der Waals surface area contributed by atoms with Gasteiger partial charge in [-0.3, -0.25) is 9.69 Å². The fraction of sp³-hybridized carbons (Fsp3) is 0.357. The van der Waals surface area contributed by atoms with Gasteiger partial charge in [0.05, 0.1) is 12.6 Å². The number of rotatable bonds is 10. The quantitative estimate of drug-likeness (QED) is 0.352. The zero-order chi connectivity index (χ0) is 24.0. The van der Waals surface area contributed by atoms with E-state index in [1.54, 1.807) is 0 Å². The number of amides is 1. The molecular weight excluding hydrogens is 440 g/mol. The first-order valence-electron chi connectivity index (χ1n) is 12.3. The fourth-order valence-corrected chi connectivity index (χ4v) is 4.56. The van der Waals surface area contributed by atoms with Crippen LogP contribution in [0.1, 0.15) is 45.9 Å². The topological polar surface area (TPSA) is 83.4 Å². The molecule has 0 aliphatic carbocycles. The smallest absolute Gasteiger partial charge is 0.273 e. The molecular formula is C28H32N4O3. The van der Waals surface area contributed by atoms with Crippen LogP contribution in [-0.2, 0) is 24.2 Å². The van der Waals surface area contributed by atoms with E-state index in [9.17, 15) is 4.79 Å². The number of aryl methyl sites for hydroxylation is 1. The summed E-state index contributed by atoms with van der Waals surface area (Å²) in [5, 5.41) is 4.16. The predicted molar refractivity (Wildman–Crippen MR) is 135 cm³/mol. The number of H-pyrrole nitrogens is 1. The third-order valence-electron chi connectivity index (χ3n) is 6.56. The fourth-order valence-electron chi connectivity index (χ4n) is 4.56. The van der Waals surface area contributed by atoms with Crippen molar-refractivity contribution >= 4 is 16.8 Å². The van der Waals surface area contributed by atoms with Crippen LogP contribution >= 0.6 is 0 Å². The van der Waals surface area contributed by atoms with Crippen molar-refractivity contribution in [1.29, 1.82) is 0 Å².